The predicted octanol–water partition coefficient (Wildman–Crippen LogP) is 2.97. The van der Waals surface area contributed by atoms with Crippen LogP contribution in [0.3, 0.4) is 0 Å². The summed E-state index contributed by atoms with van der Waals surface area (Å²) in [5.74, 6) is -2.33. The summed E-state index contributed by atoms with van der Waals surface area (Å²) >= 11 is 8.36. The summed E-state index contributed by atoms with van der Waals surface area (Å²) in [5, 5.41) is -0.0381. The average Bonchev–Trinajstić information content (AvgIpc) is 2.25. The van der Waals surface area contributed by atoms with Crippen molar-refractivity contribution in [2.24, 2.45) is 0 Å². The number of nitrogens with zero attached hydrogens (tertiary/aromatic N) is 2. The van der Waals surface area contributed by atoms with Gasteiger partial charge < -0.3 is 0 Å². The summed E-state index contributed by atoms with van der Waals surface area (Å²) in [6.45, 7) is 0. The second kappa shape index (κ2) is 5.58. The standard InChI is InChI=1S/C10H5BrClF2N3O2S/c11-6-1-5(13)2-7(14)10(6)20(18,19)17-9-4-15-3-8(12)16-9/h1-4H,(H,16,17). The Balaban J connectivity index is 2.46. The minimum Gasteiger partial charge on any atom is -0.262 e. The summed E-state index contributed by atoms with van der Waals surface area (Å²) in [7, 11) is -4.31. The molecule has 0 aliphatic carbocycles. The molecule has 0 spiro atoms. The van der Waals surface area contributed by atoms with E-state index in [0.29, 0.717) is 6.07 Å². The monoisotopic (exact) mass is 383 g/mol. The maximum atomic E-state index is 13.6. The number of hydrogen-bond donors (Lipinski definition) is 1. The lowest BCUT2D eigenvalue weighted by atomic mass is 10.3. The van der Waals surface area contributed by atoms with Gasteiger partial charge in [0.2, 0.25) is 0 Å². The van der Waals surface area contributed by atoms with Gasteiger partial charge in [-0.15, -0.1) is 0 Å². The maximum absolute atomic E-state index is 13.6. The van der Waals surface area contributed by atoms with E-state index in [1.165, 1.54) is 6.20 Å². The highest BCUT2D eigenvalue weighted by atomic mass is 79.9. The summed E-state index contributed by atoms with van der Waals surface area (Å²) < 4.78 is 52.4. The first-order valence-corrected chi connectivity index (χ1v) is 7.60. The van der Waals surface area contributed by atoms with Gasteiger partial charge in [-0.2, -0.15) is 0 Å². The number of halogens is 4. The molecule has 1 aromatic carbocycles. The van der Waals surface area contributed by atoms with Crippen LogP contribution in [0.4, 0.5) is 14.6 Å². The summed E-state index contributed by atoms with van der Waals surface area (Å²) in [4.78, 5) is 6.56. The zero-order valence-corrected chi connectivity index (χ0v) is 12.6. The van der Waals surface area contributed by atoms with Crippen LogP contribution < -0.4 is 4.72 Å². The summed E-state index contributed by atoms with van der Waals surface area (Å²) in [5.41, 5.74) is 0. The van der Waals surface area contributed by atoms with Gasteiger partial charge in [-0.1, -0.05) is 11.6 Å². The minimum absolute atomic E-state index is 0.0381. The first-order valence-electron chi connectivity index (χ1n) is 4.94. The van der Waals surface area contributed by atoms with Crippen LogP contribution in [0.25, 0.3) is 0 Å². The molecule has 0 saturated heterocycles. The van der Waals surface area contributed by atoms with Crippen LogP contribution in [0.1, 0.15) is 0 Å². The molecular weight excluding hydrogens is 380 g/mol. The Bertz CT molecular complexity index is 750. The second-order valence-corrected chi connectivity index (χ2v) is 6.39. The van der Waals surface area contributed by atoms with E-state index < -0.39 is 26.6 Å². The van der Waals surface area contributed by atoms with Crippen molar-refractivity contribution in [2.45, 2.75) is 4.90 Å². The quantitative estimate of drug-likeness (QED) is 0.883. The van der Waals surface area contributed by atoms with E-state index in [0.717, 1.165) is 12.3 Å². The normalized spacial score (nSPS) is 11.4. The largest absolute Gasteiger partial charge is 0.267 e. The van der Waals surface area contributed by atoms with Crippen LogP contribution in [0, 0.1) is 11.6 Å². The zero-order chi connectivity index (χ0) is 14.9. The molecule has 0 atom stereocenters. The van der Waals surface area contributed by atoms with Crippen molar-refractivity contribution >= 4 is 43.4 Å². The number of anilines is 1. The third kappa shape index (κ3) is 3.22. The Labute approximate surface area is 126 Å². The predicted molar refractivity (Wildman–Crippen MR) is 71.9 cm³/mol. The van der Waals surface area contributed by atoms with Crippen LogP contribution in [0.15, 0.2) is 33.9 Å². The van der Waals surface area contributed by atoms with Crippen LogP contribution in [-0.4, -0.2) is 18.4 Å². The van der Waals surface area contributed by atoms with Crippen molar-refractivity contribution in [3.05, 3.63) is 45.8 Å². The topological polar surface area (TPSA) is 72.0 Å². The molecule has 0 aliphatic rings. The molecule has 1 heterocycles. The smallest absolute Gasteiger partial charge is 0.262 e. The molecule has 106 valence electrons. The van der Waals surface area contributed by atoms with Gasteiger partial charge in [-0.05, 0) is 22.0 Å². The SMILES string of the molecule is O=S(=O)(Nc1cncc(Cl)n1)c1c(F)cc(F)cc1Br. The van der Waals surface area contributed by atoms with Crippen LogP contribution in [0.2, 0.25) is 5.15 Å². The van der Waals surface area contributed by atoms with E-state index in [1.54, 1.807) is 0 Å². The molecule has 1 N–H and O–H groups in total. The maximum Gasteiger partial charge on any atom is 0.267 e. The van der Waals surface area contributed by atoms with E-state index in [2.05, 4.69) is 25.9 Å². The first-order chi connectivity index (χ1) is 9.29. The molecule has 0 fully saturated rings. The molecule has 5 nitrogen and oxygen atoms in total. The molecule has 2 aromatic rings. The van der Waals surface area contributed by atoms with Gasteiger partial charge in [0.25, 0.3) is 10.0 Å². The average molecular weight is 385 g/mol. The van der Waals surface area contributed by atoms with E-state index >= 15 is 0 Å². The highest BCUT2D eigenvalue weighted by molar-refractivity contribution is 9.10. The van der Waals surface area contributed by atoms with Crippen molar-refractivity contribution in [3.63, 3.8) is 0 Å². The van der Waals surface area contributed by atoms with Gasteiger partial charge in [-0.3, -0.25) is 9.71 Å². The highest BCUT2D eigenvalue weighted by Gasteiger charge is 2.24. The van der Waals surface area contributed by atoms with Crippen LogP contribution >= 0.6 is 27.5 Å². The molecule has 0 bridgehead atoms. The lowest BCUT2D eigenvalue weighted by Crippen LogP contribution is -2.16. The number of nitrogens with one attached hydrogen (secondary N) is 1. The van der Waals surface area contributed by atoms with E-state index in [-0.39, 0.29) is 15.4 Å². The first kappa shape index (κ1) is 15.1. The summed E-state index contributed by atoms with van der Waals surface area (Å²) in [6.07, 6.45) is 2.30. The lowest BCUT2D eigenvalue weighted by Gasteiger charge is -2.09. The van der Waals surface area contributed by atoms with Gasteiger partial charge in [0.1, 0.15) is 21.7 Å². The van der Waals surface area contributed by atoms with Crippen molar-refractivity contribution < 1.29 is 17.2 Å². The summed E-state index contributed by atoms with van der Waals surface area (Å²) in [6, 6.07) is 1.30. The third-order valence-electron chi connectivity index (χ3n) is 2.08. The Hall–Kier alpha value is -1.32. The Morgan fingerprint density at radius 1 is 1.25 bits per heavy atom. The van der Waals surface area contributed by atoms with E-state index in [4.69, 9.17) is 11.6 Å². The van der Waals surface area contributed by atoms with Crippen molar-refractivity contribution in [1.29, 1.82) is 0 Å². The minimum atomic E-state index is -4.31. The van der Waals surface area contributed by atoms with Gasteiger partial charge in [0.05, 0.1) is 12.4 Å². The fourth-order valence-corrected chi connectivity index (χ4v) is 3.67. The third-order valence-corrected chi connectivity index (χ3v) is 4.58. The van der Waals surface area contributed by atoms with Gasteiger partial charge in [0.15, 0.2) is 5.82 Å². The molecule has 2 rings (SSSR count). The number of hydrogen-bond acceptors (Lipinski definition) is 4. The molecule has 0 radical (unpaired) electrons. The fourth-order valence-electron chi connectivity index (χ4n) is 1.37. The highest BCUT2D eigenvalue weighted by Crippen LogP contribution is 2.27. The lowest BCUT2D eigenvalue weighted by molar-refractivity contribution is 0.548. The molecule has 20 heavy (non-hydrogen) atoms. The second-order valence-electron chi connectivity index (χ2n) is 3.53. The fraction of sp³-hybridized carbons (Fsp3) is 0. The number of aromatic nitrogens is 2. The molecule has 0 unspecified atom stereocenters. The molecule has 0 amide bonds. The van der Waals surface area contributed by atoms with Crippen molar-refractivity contribution in [3.8, 4) is 0 Å². The van der Waals surface area contributed by atoms with Crippen LogP contribution in [0.5, 0.6) is 0 Å². The molecular formula is C10H5BrClF2N3O2S. The van der Waals surface area contributed by atoms with E-state index in [1.807, 2.05) is 4.72 Å². The zero-order valence-electron chi connectivity index (χ0n) is 9.44. The molecule has 10 heteroatoms. The number of sulfonamides is 1. The van der Waals surface area contributed by atoms with Crippen LogP contribution in [-0.2, 0) is 10.0 Å². The number of rotatable bonds is 3. The Morgan fingerprint density at radius 2 is 1.95 bits per heavy atom. The Kier molecular flexibility index (Phi) is 4.21. The molecule has 0 saturated carbocycles. The molecule has 0 aliphatic heterocycles. The van der Waals surface area contributed by atoms with E-state index in [9.17, 15) is 17.2 Å². The molecule has 1 aromatic heterocycles. The van der Waals surface area contributed by atoms with Gasteiger partial charge >= 0.3 is 0 Å². The van der Waals surface area contributed by atoms with Gasteiger partial charge in [-0.25, -0.2) is 22.2 Å². The Morgan fingerprint density at radius 3 is 2.55 bits per heavy atom. The van der Waals surface area contributed by atoms with Crippen molar-refractivity contribution in [1.82, 2.24) is 9.97 Å². The van der Waals surface area contributed by atoms with Crippen molar-refractivity contribution in [2.75, 3.05) is 4.72 Å². The number of benzene rings is 1. The van der Waals surface area contributed by atoms with Gasteiger partial charge in [0, 0.05) is 10.5 Å².